The van der Waals surface area contributed by atoms with Crippen LogP contribution in [0.25, 0.3) is 27.5 Å². The summed E-state index contributed by atoms with van der Waals surface area (Å²) in [6.45, 7) is 0.281. The lowest BCUT2D eigenvalue weighted by Crippen LogP contribution is -2.15. The van der Waals surface area contributed by atoms with Crippen LogP contribution >= 0.6 is 11.3 Å². The van der Waals surface area contributed by atoms with Crippen LogP contribution in [0.3, 0.4) is 0 Å². The van der Waals surface area contributed by atoms with Gasteiger partial charge >= 0.3 is 0 Å². The first-order valence-electron chi connectivity index (χ1n) is 10.7. The summed E-state index contributed by atoms with van der Waals surface area (Å²) in [4.78, 5) is 4.69. The van der Waals surface area contributed by atoms with E-state index in [4.69, 9.17) is 5.26 Å². The first-order chi connectivity index (χ1) is 15.7. The van der Waals surface area contributed by atoms with Crippen LogP contribution in [0.5, 0.6) is 0 Å². The van der Waals surface area contributed by atoms with E-state index in [-0.39, 0.29) is 6.61 Å². The molecule has 0 saturated heterocycles. The van der Waals surface area contributed by atoms with Gasteiger partial charge in [-0.3, -0.25) is 4.98 Å². The molecule has 2 N–H and O–H groups in total. The molecule has 8 nitrogen and oxygen atoms in total. The minimum Gasteiger partial charge on any atom is -0.396 e. The van der Waals surface area contributed by atoms with Gasteiger partial charge in [0.1, 0.15) is 11.1 Å². The summed E-state index contributed by atoms with van der Waals surface area (Å²) >= 11 is 1.63. The Morgan fingerprint density at radius 3 is 2.78 bits per heavy atom. The third kappa shape index (κ3) is 3.72. The number of hydrogen-bond donors (Lipinski definition) is 2. The Kier molecular flexibility index (Phi) is 5.55. The van der Waals surface area contributed by atoms with E-state index in [0.29, 0.717) is 17.4 Å². The van der Waals surface area contributed by atoms with Gasteiger partial charge in [0, 0.05) is 31.5 Å². The zero-order chi connectivity index (χ0) is 22.1. The summed E-state index contributed by atoms with van der Waals surface area (Å²) in [5.41, 5.74) is 4.85. The van der Waals surface area contributed by atoms with Crippen LogP contribution < -0.4 is 5.32 Å². The maximum Gasteiger partial charge on any atom is 0.151 e. The number of nitrogens with one attached hydrogen (secondary N) is 1. The zero-order valence-electron chi connectivity index (χ0n) is 17.7. The molecular formula is C23H23N7OS. The molecule has 0 aromatic carbocycles. The second-order valence-corrected chi connectivity index (χ2v) is 9.13. The third-order valence-electron chi connectivity index (χ3n) is 6.19. The number of aliphatic hydroxyl groups is 1. The standard InChI is InChI=1S/C23H23N7OS/c1-25-19-9-20(21-7-6-17-8-15(10-24)11-27-30(17)21)26-12-18(19)23-29-28-22(32-23)16-4-2-14(13-31)3-5-16/h6-9,11-12,14,16,31H,2-5,13H2,1H3,(H,25,26). The topological polar surface area (TPSA) is 112 Å². The third-order valence-corrected chi connectivity index (χ3v) is 7.31. The van der Waals surface area contributed by atoms with Gasteiger partial charge in [-0.05, 0) is 55.9 Å². The second kappa shape index (κ2) is 8.65. The second-order valence-electron chi connectivity index (χ2n) is 8.12. The highest BCUT2D eigenvalue weighted by Gasteiger charge is 2.25. The molecule has 4 aromatic rings. The number of anilines is 1. The smallest absolute Gasteiger partial charge is 0.151 e. The van der Waals surface area contributed by atoms with Crippen molar-refractivity contribution in [3.63, 3.8) is 0 Å². The molecule has 1 saturated carbocycles. The molecule has 0 aliphatic heterocycles. The Hall–Kier alpha value is -3.35. The molecule has 1 fully saturated rings. The molecule has 4 aromatic heterocycles. The Labute approximate surface area is 189 Å². The number of hydrogen-bond acceptors (Lipinski definition) is 8. The Morgan fingerprint density at radius 2 is 2.03 bits per heavy atom. The largest absolute Gasteiger partial charge is 0.396 e. The molecule has 1 aliphatic rings. The summed E-state index contributed by atoms with van der Waals surface area (Å²) in [5, 5.41) is 37.0. The summed E-state index contributed by atoms with van der Waals surface area (Å²) in [7, 11) is 1.88. The van der Waals surface area contributed by atoms with Crippen molar-refractivity contribution in [2.75, 3.05) is 19.0 Å². The molecule has 162 valence electrons. The van der Waals surface area contributed by atoms with Gasteiger partial charge in [-0.15, -0.1) is 10.2 Å². The van der Waals surface area contributed by atoms with Crippen LogP contribution in [0.15, 0.2) is 36.7 Å². The fourth-order valence-corrected chi connectivity index (χ4v) is 5.36. The number of nitrogens with zero attached hydrogens (tertiary/aromatic N) is 6. The van der Waals surface area contributed by atoms with Gasteiger partial charge in [0.25, 0.3) is 0 Å². The fraction of sp³-hybridized carbons (Fsp3) is 0.348. The lowest BCUT2D eigenvalue weighted by Gasteiger charge is -2.25. The van der Waals surface area contributed by atoms with Crippen molar-refractivity contribution in [3.05, 3.63) is 47.2 Å². The van der Waals surface area contributed by atoms with E-state index in [9.17, 15) is 5.11 Å². The van der Waals surface area contributed by atoms with E-state index in [1.807, 2.05) is 31.4 Å². The van der Waals surface area contributed by atoms with Crippen molar-refractivity contribution in [1.29, 1.82) is 5.26 Å². The first-order valence-corrected chi connectivity index (χ1v) is 11.5. The SMILES string of the molecule is CNc1cc(-c2ccc3cc(C#N)cnn23)ncc1-c1nnc(C2CCC(CO)CC2)s1. The molecule has 0 bridgehead atoms. The predicted molar refractivity (Wildman–Crippen MR) is 123 cm³/mol. The molecule has 0 atom stereocenters. The average molecular weight is 446 g/mol. The van der Waals surface area contributed by atoms with Crippen molar-refractivity contribution >= 4 is 22.5 Å². The average Bonchev–Trinajstić information content (AvgIpc) is 3.51. The van der Waals surface area contributed by atoms with Crippen LogP contribution in [0.4, 0.5) is 5.69 Å². The maximum absolute atomic E-state index is 9.37. The monoisotopic (exact) mass is 445 g/mol. The highest BCUT2D eigenvalue weighted by Crippen LogP contribution is 2.40. The molecule has 9 heteroatoms. The number of aliphatic hydroxyl groups excluding tert-OH is 1. The molecular weight excluding hydrogens is 422 g/mol. The molecule has 0 radical (unpaired) electrons. The summed E-state index contributed by atoms with van der Waals surface area (Å²) in [5.74, 6) is 0.850. The van der Waals surface area contributed by atoms with Gasteiger partial charge < -0.3 is 10.4 Å². The molecule has 0 unspecified atom stereocenters. The van der Waals surface area contributed by atoms with Gasteiger partial charge in [-0.1, -0.05) is 11.3 Å². The van der Waals surface area contributed by atoms with E-state index < -0.39 is 0 Å². The maximum atomic E-state index is 9.37. The Bertz CT molecular complexity index is 1300. The van der Waals surface area contributed by atoms with Crippen LogP contribution in [0.2, 0.25) is 0 Å². The highest BCUT2D eigenvalue weighted by atomic mass is 32.1. The predicted octanol–water partition coefficient (Wildman–Crippen LogP) is 4.09. The molecule has 1 aliphatic carbocycles. The van der Waals surface area contributed by atoms with Crippen LogP contribution in [0.1, 0.15) is 42.2 Å². The minimum absolute atomic E-state index is 0.281. The molecule has 32 heavy (non-hydrogen) atoms. The summed E-state index contributed by atoms with van der Waals surface area (Å²) in [6.07, 6.45) is 7.58. The van der Waals surface area contributed by atoms with E-state index in [1.54, 1.807) is 28.1 Å². The van der Waals surface area contributed by atoms with Crippen LogP contribution in [-0.2, 0) is 0 Å². The molecule has 0 amide bonds. The van der Waals surface area contributed by atoms with Crippen molar-refractivity contribution < 1.29 is 5.11 Å². The zero-order valence-corrected chi connectivity index (χ0v) is 18.5. The van der Waals surface area contributed by atoms with E-state index in [2.05, 4.69) is 31.7 Å². The van der Waals surface area contributed by atoms with Gasteiger partial charge in [0.05, 0.1) is 34.2 Å². The van der Waals surface area contributed by atoms with Gasteiger partial charge in [-0.25, -0.2) is 4.52 Å². The molecule has 5 rings (SSSR count). The first kappa shape index (κ1) is 20.5. The highest BCUT2D eigenvalue weighted by molar-refractivity contribution is 7.14. The van der Waals surface area contributed by atoms with Crippen molar-refractivity contribution in [2.24, 2.45) is 5.92 Å². The number of nitriles is 1. The van der Waals surface area contributed by atoms with Crippen molar-refractivity contribution in [1.82, 2.24) is 24.8 Å². The van der Waals surface area contributed by atoms with Gasteiger partial charge in [0.2, 0.25) is 0 Å². The fourth-order valence-electron chi connectivity index (χ4n) is 4.33. The van der Waals surface area contributed by atoms with Crippen LogP contribution in [0, 0.1) is 17.2 Å². The van der Waals surface area contributed by atoms with E-state index in [0.717, 1.165) is 63.9 Å². The Morgan fingerprint density at radius 1 is 1.19 bits per heavy atom. The number of fused-ring (bicyclic) bond motifs is 1. The van der Waals surface area contributed by atoms with E-state index >= 15 is 0 Å². The normalized spacial score (nSPS) is 18.5. The van der Waals surface area contributed by atoms with Crippen LogP contribution in [-0.4, -0.2) is 43.6 Å². The lowest BCUT2D eigenvalue weighted by atomic mass is 9.83. The van der Waals surface area contributed by atoms with Gasteiger partial charge in [0.15, 0.2) is 5.01 Å². The summed E-state index contributed by atoms with van der Waals surface area (Å²) in [6, 6.07) is 9.80. The Balaban J connectivity index is 1.44. The van der Waals surface area contributed by atoms with E-state index in [1.165, 1.54) is 0 Å². The molecule has 4 heterocycles. The number of rotatable bonds is 5. The van der Waals surface area contributed by atoms with Gasteiger partial charge in [-0.2, -0.15) is 10.4 Å². The number of aromatic nitrogens is 5. The van der Waals surface area contributed by atoms with Crippen molar-refractivity contribution in [3.8, 4) is 28.0 Å². The molecule has 0 spiro atoms. The lowest BCUT2D eigenvalue weighted by molar-refractivity contribution is 0.182. The number of pyridine rings is 1. The quantitative estimate of drug-likeness (QED) is 0.476. The summed E-state index contributed by atoms with van der Waals surface area (Å²) < 4.78 is 1.79. The minimum atomic E-state index is 0.281. The van der Waals surface area contributed by atoms with Crippen molar-refractivity contribution in [2.45, 2.75) is 31.6 Å².